The zero-order valence-electron chi connectivity index (χ0n) is 8.40. The number of hydrogen-bond acceptors (Lipinski definition) is 1. The molecule has 1 aliphatic carbocycles. The molecule has 0 atom stereocenters. The lowest BCUT2D eigenvalue weighted by Crippen LogP contribution is -2.25. The van der Waals surface area contributed by atoms with Gasteiger partial charge in [0.15, 0.2) is 0 Å². The van der Waals surface area contributed by atoms with Gasteiger partial charge in [-0.05, 0) is 12.8 Å². The number of rotatable bonds is 3. The molecular weight excluding hydrogens is 219 g/mol. The predicted octanol–water partition coefficient (Wildman–Crippen LogP) is 2.13. The molecule has 2 rings (SSSR count). The van der Waals surface area contributed by atoms with Crippen LogP contribution in [0.15, 0.2) is 12.1 Å². The molecule has 1 aromatic rings. The van der Waals surface area contributed by atoms with Crippen LogP contribution < -0.4 is 5.32 Å². The Morgan fingerprint density at radius 3 is 2.31 bits per heavy atom. The Balaban J connectivity index is 2.05. The third-order valence-electron chi connectivity index (χ3n) is 2.49. The van der Waals surface area contributed by atoms with Crippen LogP contribution in [0.4, 0.5) is 13.2 Å². The van der Waals surface area contributed by atoms with Crippen molar-refractivity contribution < 1.29 is 18.0 Å². The number of nitrogens with one attached hydrogen (secondary N) is 1. The van der Waals surface area contributed by atoms with E-state index in [1.807, 2.05) is 0 Å². The van der Waals surface area contributed by atoms with Crippen molar-refractivity contribution in [1.82, 2.24) is 5.32 Å². The van der Waals surface area contributed by atoms with Gasteiger partial charge in [0.05, 0.1) is 0 Å². The first-order valence-electron chi connectivity index (χ1n) is 4.99. The Bertz CT molecular complexity index is 406. The van der Waals surface area contributed by atoms with Gasteiger partial charge in [-0.15, -0.1) is 0 Å². The van der Waals surface area contributed by atoms with E-state index in [1.165, 1.54) is 0 Å². The van der Waals surface area contributed by atoms with Gasteiger partial charge in [0.25, 0.3) is 0 Å². The summed E-state index contributed by atoms with van der Waals surface area (Å²) >= 11 is 0. The Labute approximate surface area is 90.5 Å². The first-order chi connectivity index (χ1) is 7.58. The summed E-state index contributed by atoms with van der Waals surface area (Å²) in [6, 6.07) is 1.20. The maximum Gasteiger partial charge on any atom is 0.223 e. The lowest BCUT2D eigenvalue weighted by molar-refractivity contribution is -0.122. The molecule has 0 unspecified atom stereocenters. The van der Waals surface area contributed by atoms with Crippen molar-refractivity contribution >= 4 is 5.91 Å². The number of amides is 1. The van der Waals surface area contributed by atoms with Gasteiger partial charge in [0, 0.05) is 30.2 Å². The molecule has 0 bridgehead atoms. The van der Waals surface area contributed by atoms with Crippen LogP contribution in [0.3, 0.4) is 0 Å². The molecule has 1 aliphatic rings. The highest BCUT2D eigenvalue weighted by Crippen LogP contribution is 2.28. The summed E-state index contributed by atoms with van der Waals surface area (Å²) in [6.45, 7) is -0.243. The predicted molar refractivity (Wildman–Crippen MR) is 50.9 cm³/mol. The number of hydrogen-bond donors (Lipinski definition) is 1. The molecule has 1 fully saturated rings. The Morgan fingerprint density at radius 2 is 1.81 bits per heavy atom. The molecule has 0 spiro atoms. The van der Waals surface area contributed by atoms with Crippen molar-refractivity contribution in [2.75, 3.05) is 0 Å². The van der Waals surface area contributed by atoms with Gasteiger partial charge in [0.2, 0.25) is 5.91 Å². The Morgan fingerprint density at radius 1 is 1.25 bits per heavy atom. The van der Waals surface area contributed by atoms with Crippen LogP contribution in [-0.2, 0) is 11.3 Å². The van der Waals surface area contributed by atoms with Gasteiger partial charge in [0.1, 0.15) is 17.5 Å². The molecule has 0 aliphatic heterocycles. The van der Waals surface area contributed by atoms with Gasteiger partial charge >= 0.3 is 0 Å². The molecule has 1 N–H and O–H groups in total. The molecule has 0 aromatic heterocycles. The third kappa shape index (κ3) is 2.35. The van der Waals surface area contributed by atoms with E-state index in [-0.39, 0.29) is 23.9 Å². The van der Waals surface area contributed by atoms with E-state index in [0.29, 0.717) is 12.1 Å². The minimum Gasteiger partial charge on any atom is -0.352 e. The molecular formula is C11H10F3NO. The van der Waals surface area contributed by atoms with Crippen LogP contribution in [0.5, 0.6) is 0 Å². The fraction of sp³-hybridized carbons (Fsp3) is 0.364. The molecule has 86 valence electrons. The van der Waals surface area contributed by atoms with E-state index in [0.717, 1.165) is 12.8 Å². The smallest absolute Gasteiger partial charge is 0.223 e. The minimum absolute atomic E-state index is 0.0217. The quantitative estimate of drug-likeness (QED) is 0.845. The topological polar surface area (TPSA) is 29.1 Å². The van der Waals surface area contributed by atoms with E-state index in [2.05, 4.69) is 5.32 Å². The molecule has 1 aromatic carbocycles. The summed E-state index contributed by atoms with van der Waals surface area (Å²) < 4.78 is 38.9. The zero-order chi connectivity index (χ0) is 11.7. The average molecular weight is 229 g/mol. The summed E-state index contributed by atoms with van der Waals surface area (Å²) in [5, 5.41) is 2.42. The summed E-state index contributed by atoms with van der Waals surface area (Å²) in [5.41, 5.74) is -0.310. The van der Waals surface area contributed by atoms with Crippen LogP contribution in [0, 0.1) is 23.4 Å². The average Bonchev–Trinajstić information content (AvgIpc) is 2.98. The van der Waals surface area contributed by atoms with Crippen molar-refractivity contribution in [3.63, 3.8) is 0 Å². The second-order valence-corrected chi connectivity index (χ2v) is 3.84. The maximum absolute atomic E-state index is 13.1. The van der Waals surface area contributed by atoms with Crippen molar-refractivity contribution in [3.05, 3.63) is 35.1 Å². The summed E-state index contributed by atoms with van der Waals surface area (Å²) in [7, 11) is 0. The maximum atomic E-state index is 13.1. The van der Waals surface area contributed by atoms with E-state index in [4.69, 9.17) is 0 Å². The Kier molecular flexibility index (Phi) is 2.85. The normalized spacial score (nSPS) is 14.9. The molecule has 0 saturated heterocycles. The van der Waals surface area contributed by atoms with E-state index >= 15 is 0 Å². The van der Waals surface area contributed by atoms with Crippen LogP contribution in [0.25, 0.3) is 0 Å². The minimum atomic E-state index is -0.978. The molecule has 2 nitrogen and oxygen atoms in total. The number of halogens is 3. The highest BCUT2D eigenvalue weighted by Gasteiger charge is 2.29. The lowest BCUT2D eigenvalue weighted by atomic mass is 10.2. The van der Waals surface area contributed by atoms with E-state index in [9.17, 15) is 18.0 Å². The number of benzene rings is 1. The van der Waals surface area contributed by atoms with Gasteiger partial charge in [-0.25, -0.2) is 13.2 Å². The van der Waals surface area contributed by atoms with Crippen molar-refractivity contribution in [3.8, 4) is 0 Å². The lowest BCUT2D eigenvalue weighted by Gasteiger charge is -2.06. The molecule has 16 heavy (non-hydrogen) atoms. The van der Waals surface area contributed by atoms with Crippen LogP contribution in [0.2, 0.25) is 0 Å². The van der Waals surface area contributed by atoms with Gasteiger partial charge in [-0.1, -0.05) is 0 Å². The molecule has 5 heteroatoms. The standard InChI is InChI=1S/C11H10F3NO/c12-7-3-9(13)8(10(14)4-7)5-15-11(16)6-1-2-6/h3-4,6H,1-2,5H2,(H,15,16). The van der Waals surface area contributed by atoms with Crippen molar-refractivity contribution in [2.45, 2.75) is 19.4 Å². The zero-order valence-corrected chi connectivity index (χ0v) is 8.40. The van der Waals surface area contributed by atoms with E-state index in [1.54, 1.807) is 0 Å². The first-order valence-corrected chi connectivity index (χ1v) is 4.99. The van der Waals surface area contributed by atoms with Crippen LogP contribution in [-0.4, -0.2) is 5.91 Å². The Hall–Kier alpha value is -1.52. The van der Waals surface area contributed by atoms with Crippen molar-refractivity contribution in [1.29, 1.82) is 0 Å². The summed E-state index contributed by atoms with van der Waals surface area (Å²) in [5.74, 6) is -3.15. The van der Waals surface area contributed by atoms with E-state index < -0.39 is 17.5 Å². The fourth-order valence-corrected chi connectivity index (χ4v) is 1.41. The highest BCUT2D eigenvalue weighted by molar-refractivity contribution is 5.80. The molecule has 1 saturated carbocycles. The largest absolute Gasteiger partial charge is 0.352 e. The van der Waals surface area contributed by atoms with Crippen LogP contribution in [0.1, 0.15) is 18.4 Å². The molecule has 0 heterocycles. The first kappa shape index (κ1) is 11.0. The van der Waals surface area contributed by atoms with Gasteiger partial charge < -0.3 is 5.32 Å². The highest BCUT2D eigenvalue weighted by atomic mass is 19.1. The monoisotopic (exact) mass is 229 g/mol. The van der Waals surface area contributed by atoms with Crippen molar-refractivity contribution in [2.24, 2.45) is 5.92 Å². The number of carbonyl (C=O) groups excluding carboxylic acids is 1. The van der Waals surface area contributed by atoms with Gasteiger partial charge in [-0.3, -0.25) is 4.79 Å². The van der Waals surface area contributed by atoms with Crippen LogP contribution >= 0.6 is 0 Å². The molecule has 1 amide bonds. The second kappa shape index (κ2) is 4.15. The van der Waals surface area contributed by atoms with Gasteiger partial charge in [-0.2, -0.15) is 0 Å². The molecule has 0 radical (unpaired) electrons. The third-order valence-corrected chi connectivity index (χ3v) is 2.49. The number of carbonyl (C=O) groups is 1. The summed E-state index contributed by atoms with van der Waals surface area (Å²) in [6.07, 6.45) is 1.64. The second-order valence-electron chi connectivity index (χ2n) is 3.84. The summed E-state index contributed by atoms with van der Waals surface area (Å²) in [4.78, 5) is 11.2. The fourth-order valence-electron chi connectivity index (χ4n) is 1.41. The SMILES string of the molecule is O=C(NCc1c(F)cc(F)cc1F)C1CC1.